The van der Waals surface area contributed by atoms with E-state index in [1.165, 1.54) is 0 Å². The number of benzene rings is 1. The molecule has 1 aromatic heterocycles. The molecule has 0 saturated heterocycles. The summed E-state index contributed by atoms with van der Waals surface area (Å²) in [5.74, 6) is 0.845. The summed E-state index contributed by atoms with van der Waals surface area (Å²) < 4.78 is 1.92. The van der Waals surface area contributed by atoms with Crippen molar-refractivity contribution >= 4 is 24.0 Å². The van der Waals surface area contributed by atoms with Crippen LogP contribution in [0, 0.1) is 0 Å². The first-order chi connectivity index (χ1) is 7.18. The van der Waals surface area contributed by atoms with E-state index >= 15 is 0 Å². The average molecular weight is 258 g/mol. The molecule has 0 spiro atoms. The SMILES string of the molecule is Cl.Cn1ccnc1C(N)c1ccc(Cl)cc1. The van der Waals surface area contributed by atoms with Crippen molar-refractivity contribution in [2.75, 3.05) is 0 Å². The van der Waals surface area contributed by atoms with Crippen LogP contribution in [0.2, 0.25) is 5.02 Å². The molecule has 1 aromatic carbocycles. The zero-order chi connectivity index (χ0) is 10.8. The van der Waals surface area contributed by atoms with Crippen molar-refractivity contribution < 1.29 is 0 Å². The topological polar surface area (TPSA) is 43.8 Å². The van der Waals surface area contributed by atoms with E-state index in [1.54, 1.807) is 6.20 Å². The predicted molar refractivity (Wildman–Crippen MR) is 67.9 cm³/mol. The van der Waals surface area contributed by atoms with Gasteiger partial charge in [0.1, 0.15) is 5.82 Å². The van der Waals surface area contributed by atoms with E-state index in [2.05, 4.69) is 4.98 Å². The van der Waals surface area contributed by atoms with Gasteiger partial charge in [0.15, 0.2) is 0 Å². The molecule has 1 heterocycles. The Morgan fingerprint density at radius 2 is 1.94 bits per heavy atom. The van der Waals surface area contributed by atoms with Crippen LogP contribution in [0.25, 0.3) is 0 Å². The Labute approximate surface area is 106 Å². The molecule has 0 radical (unpaired) electrons. The molecule has 0 amide bonds. The van der Waals surface area contributed by atoms with Crippen LogP contribution in [-0.4, -0.2) is 9.55 Å². The molecule has 1 atom stereocenters. The minimum absolute atomic E-state index is 0. The molecule has 0 fully saturated rings. The Morgan fingerprint density at radius 3 is 2.44 bits per heavy atom. The molecule has 0 aliphatic heterocycles. The summed E-state index contributed by atoms with van der Waals surface area (Å²) >= 11 is 5.81. The summed E-state index contributed by atoms with van der Waals surface area (Å²) in [6, 6.07) is 7.30. The maximum atomic E-state index is 6.09. The van der Waals surface area contributed by atoms with Gasteiger partial charge in [-0.2, -0.15) is 0 Å². The van der Waals surface area contributed by atoms with E-state index in [-0.39, 0.29) is 18.4 Å². The van der Waals surface area contributed by atoms with Crippen molar-refractivity contribution in [2.24, 2.45) is 12.8 Å². The molecule has 0 aliphatic rings. The van der Waals surface area contributed by atoms with Gasteiger partial charge in [0, 0.05) is 24.5 Å². The second-order valence-electron chi connectivity index (χ2n) is 3.43. The number of aryl methyl sites for hydroxylation is 1. The maximum absolute atomic E-state index is 6.09. The van der Waals surface area contributed by atoms with Gasteiger partial charge in [-0.1, -0.05) is 23.7 Å². The fourth-order valence-corrected chi connectivity index (χ4v) is 1.62. The number of halogens is 2. The lowest BCUT2D eigenvalue weighted by atomic mass is 10.1. The Bertz CT molecular complexity index is 451. The van der Waals surface area contributed by atoms with Crippen LogP contribution in [0.3, 0.4) is 0 Å². The van der Waals surface area contributed by atoms with Crippen LogP contribution in [0.5, 0.6) is 0 Å². The minimum atomic E-state index is -0.206. The highest BCUT2D eigenvalue weighted by atomic mass is 35.5. The second kappa shape index (κ2) is 5.34. The van der Waals surface area contributed by atoms with E-state index in [4.69, 9.17) is 17.3 Å². The number of hydrogen-bond acceptors (Lipinski definition) is 2. The van der Waals surface area contributed by atoms with E-state index < -0.39 is 0 Å². The molecule has 2 aromatic rings. The Hall–Kier alpha value is -1.03. The highest BCUT2D eigenvalue weighted by Crippen LogP contribution is 2.19. The molecule has 0 bridgehead atoms. The molecule has 5 heteroatoms. The zero-order valence-electron chi connectivity index (χ0n) is 8.80. The van der Waals surface area contributed by atoms with E-state index in [0.717, 1.165) is 11.4 Å². The van der Waals surface area contributed by atoms with Crippen molar-refractivity contribution in [3.8, 4) is 0 Å². The summed E-state index contributed by atoms with van der Waals surface area (Å²) in [5, 5.41) is 0.714. The quantitative estimate of drug-likeness (QED) is 0.899. The highest BCUT2D eigenvalue weighted by molar-refractivity contribution is 6.30. The second-order valence-corrected chi connectivity index (χ2v) is 3.86. The zero-order valence-corrected chi connectivity index (χ0v) is 10.4. The normalized spacial score (nSPS) is 11.9. The van der Waals surface area contributed by atoms with E-state index in [9.17, 15) is 0 Å². The van der Waals surface area contributed by atoms with Crippen LogP contribution in [0.4, 0.5) is 0 Å². The number of rotatable bonds is 2. The molecule has 3 nitrogen and oxygen atoms in total. The average Bonchev–Trinajstić information content (AvgIpc) is 2.65. The summed E-state index contributed by atoms with van der Waals surface area (Å²) in [6.45, 7) is 0. The fourth-order valence-electron chi connectivity index (χ4n) is 1.50. The Morgan fingerprint density at radius 1 is 1.31 bits per heavy atom. The van der Waals surface area contributed by atoms with Crippen LogP contribution in [-0.2, 0) is 7.05 Å². The minimum Gasteiger partial charge on any atom is -0.336 e. The number of nitrogens with zero attached hydrogens (tertiary/aromatic N) is 2. The van der Waals surface area contributed by atoms with Gasteiger partial charge in [0.2, 0.25) is 0 Å². The van der Waals surface area contributed by atoms with Crippen LogP contribution < -0.4 is 5.73 Å². The summed E-state index contributed by atoms with van der Waals surface area (Å²) in [5.41, 5.74) is 7.09. The third kappa shape index (κ3) is 2.55. The van der Waals surface area contributed by atoms with Crippen molar-refractivity contribution in [1.29, 1.82) is 0 Å². The number of hydrogen-bond donors (Lipinski definition) is 1. The summed E-state index contributed by atoms with van der Waals surface area (Å²) in [6.07, 6.45) is 3.62. The molecule has 86 valence electrons. The van der Waals surface area contributed by atoms with Crippen molar-refractivity contribution in [2.45, 2.75) is 6.04 Å². The van der Waals surface area contributed by atoms with Gasteiger partial charge in [0.25, 0.3) is 0 Å². The highest BCUT2D eigenvalue weighted by Gasteiger charge is 2.12. The third-order valence-corrected chi connectivity index (χ3v) is 2.62. The third-order valence-electron chi connectivity index (χ3n) is 2.37. The lowest BCUT2D eigenvalue weighted by molar-refractivity contribution is 0.717. The van der Waals surface area contributed by atoms with Crippen molar-refractivity contribution in [1.82, 2.24) is 9.55 Å². The van der Waals surface area contributed by atoms with Crippen molar-refractivity contribution in [3.05, 3.63) is 53.1 Å². The first-order valence-electron chi connectivity index (χ1n) is 4.67. The Kier molecular flexibility index (Phi) is 4.35. The Balaban J connectivity index is 0.00000128. The lowest BCUT2D eigenvalue weighted by Crippen LogP contribution is -2.16. The van der Waals surface area contributed by atoms with Gasteiger partial charge in [0.05, 0.1) is 6.04 Å². The standard InChI is InChI=1S/C11H12ClN3.ClH/c1-15-7-6-14-11(15)10(13)8-2-4-9(12)5-3-8;/h2-7,10H,13H2,1H3;1H. The van der Waals surface area contributed by atoms with Crippen LogP contribution >= 0.6 is 24.0 Å². The van der Waals surface area contributed by atoms with Crippen LogP contribution in [0.1, 0.15) is 17.4 Å². The maximum Gasteiger partial charge on any atom is 0.129 e. The lowest BCUT2D eigenvalue weighted by Gasteiger charge is -2.11. The van der Waals surface area contributed by atoms with E-state index in [1.807, 2.05) is 42.1 Å². The fraction of sp³-hybridized carbons (Fsp3) is 0.182. The molecule has 0 saturated carbocycles. The molecule has 16 heavy (non-hydrogen) atoms. The molecular weight excluding hydrogens is 245 g/mol. The van der Waals surface area contributed by atoms with Crippen LogP contribution in [0.15, 0.2) is 36.7 Å². The van der Waals surface area contributed by atoms with Gasteiger partial charge in [-0.25, -0.2) is 4.98 Å². The van der Waals surface area contributed by atoms with E-state index in [0.29, 0.717) is 5.02 Å². The van der Waals surface area contributed by atoms with Gasteiger partial charge in [-0.05, 0) is 17.7 Å². The number of imidazole rings is 1. The van der Waals surface area contributed by atoms with Gasteiger partial charge in [-0.15, -0.1) is 12.4 Å². The number of aromatic nitrogens is 2. The van der Waals surface area contributed by atoms with Gasteiger partial charge < -0.3 is 10.3 Å². The molecule has 2 rings (SSSR count). The molecule has 0 aliphatic carbocycles. The monoisotopic (exact) mass is 257 g/mol. The van der Waals surface area contributed by atoms with Crippen molar-refractivity contribution in [3.63, 3.8) is 0 Å². The first kappa shape index (κ1) is 13.0. The van der Waals surface area contributed by atoms with Gasteiger partial charge >= 0.3 is 0 Å². The molecule has 2 N–H and O–H groups in total. The summed E-state index contributed by atoms with van der Waals surface area (Å²) in [7, 11) is 1.93. The first-order valence-corrected chi connectivity index (χ1v) is 5.04. The number of nitrogens with two attached hydrogens (primary N) is 1. The largest absolute Gasteiger partial charge is 0.336 e. The summed E-state index contributed by atoms with van der Waals surface area (Å²) in [4.78, 5) is 4.22. The smallest absolute Gasteiger partial charge is 0.129 e. The molecular formula is C11H13Cl2N3. The molecule has 1 unspecified atom stereocenters. The van der Waals surface area contributed by atoms with Gasteiger partial charge in [-0.3, -0.25) is 0 Å². The predicted octanol–water partition coefficient (Wildman–Crippen LogP) is 2.54.